The Labute approximate surface area is 204 Å². The fourth-order valence-electron chi connectivity index (χ4n) is 4.06. The Balaban J connectivity index is 1.36. The molecule has 4 N–H and O–H groups in total. The number of carbonyl (C=O) groups is 2. The summed E-state index contributed by atoms with van der Waals surface area (Å²) in [5.41, 5.74) is 1.32. The summed E-state index contributed by atoms with van der Waals surface area (Å²) >= 11 is 0. The van der Waals surface area contributed by atoms with E-state index in [1.807, 2.05) is 0 Å². The van der Waals surface area contributed by atoms with Crippen LogP contribution in [-0.2, 0) is 6.42 Å². The Morgan fingerprint density at radius 3 is 2.26 bits per heavy atom. The molecule has 0 heterocycles. The summed E-state index contributed by atoms with van der Waals surface area (Å²) in [5.74, 6) is -0.760. The van der Waals surface area contributed by atoms with Crippen LogP contribution in [0.5, 0.6) is 17.2 Å². The lowest BCUT2D eigenvalue weighted by atomic mass is 10.00. The molecular formula is C28H32O7. The number of carboxylic acid groups (broad SMARTS) is 1. The monoisotopic (exact) mass is 480 g/mol. The molecule has 7 nitrogen and oxygen atoms in total. The summed E-state index contributed by atoms with van der Waals surface area (Å²) in [4.78, 5) is 23.8. The minimum atomic E-state index is -1.02. The summed E-state index contributed by atoms with van der Waals surface area (Å²) in [6.07, 6.45) is 4.57. The molecule has 0 aromatic heterocycles. The van der Waals surface area contributed by atoms with Crippen molar-refractivity contribution < 1.29 is 34.8 Å². The van der Waals surface area contributed by atoms with Crippen LogP contribution in [-0.4, -0.2) is 44.9 Å². The second kappa shape index (κ2) is 12.2. The molecule has 7 heteroatoms. The van der Waals surface area contributed by atoms with Crippen molar-refractivity contribution in [3.05, 3.63) is 65.2 Å². The number of carbonyl (C=O) groups excluding carboxylic acids is 1. The minimum absolute atomic E-state index is 0.0561. The van der Waals surface area contributed by atoms with E-state index in [1.165, 1.54) is 18.2 Å². The molecule has 0 radical (unpaired) electrons. The number of phenols is 2. The van der Waals surface area contributed by atoms with Gasteiger partial charge in [-0.15, -0.1) is 0 Å². The van der Waals surface area contributed by atoms with Gasteiger partial charge in [0.05, 0.1) is 18.3 Å². The van der Waals surface area contributed by atoms with Crippen LogP contribution in [0.15, 0.2) is 48.5 Å². The van der Waals surface area contributed by atoms with E-state index in [0.29, 0.717) is 35.3 Å². The molecule has 35 heavy (non-hydrogen) atoms. The van der Waals surface area contributed by atoms with Crippen LogP contribution in [0.2, 0.25) is 0 Å². The number of ketones is 1. The second-order valence-corrected chi connectivity index (χ2v) is 8.87. The Morgan fingerprint density at radius 1 is 0.857 bits per heavy atom. The van der Waals surface area contributed by atoms with Crippen LogP contribution in [0, 0.1) is 0 Å². The Morgan fingerprint density at radius 2 is 1.54 bits per heavy atom. The zero-order valence-electron chi connectivity index (χ0n) is 19.9. The number of phenolic OH excluding ortho intramolecular Hbond substituents is 2. The van der Waals surface area contributed by atoms with Crippen molar-refractivity contribution in [1.29, 1.82) is 0 Å². The largest absolute Gasteiger partial charge is 0.504 e. The summed E-state index contributed by atoms with van der Waals surface area (Å²) in [6.45, 7) is 2.13. The van der Waals surface area contributed by atoms with Gasteiger partial charge in [-0.3, -0.25) is 4.79 Å². The lowest BCUT2D eigenvalue weighted by Gasteiger charge is -2.12. The van der Waals surface area contributed by atoms with E-state index in [9.17, 15) is 30.0 Å². The number of hydrogen-bond acceptors (Lipinski definition) is 6. The van der Waals surface area contributed by atoms with Crippen LogP contribution in [0.25, 0.3) is 10.8 Å². The number of Topliss-reactive ketones (excluding diaryl/α,β-unsaturated/α-hetero) is 1. The van der Waals surface area contributed by atoms with E-state index in [4.69, 9.17) is 4.74 Å². The lowest BCUT2D eigenvalue weighted by molar-refractivity contribution is 0.0694. The number of aromatic carboxylic acids is 1. The molecule has 0 spiro atoms. The van der Waals surface area contributed by atoms with Crippen LogP contribution in [0.1, 0.15) is 71.7 Å². The van der Waals surface area contributed by atoms with Gasteiger partial charge in [0.2, 0.25) is 0 Å². The van der Waals surface area contributed by atoms with Gasteiger partial charge in [0.15, 0.2) is 17.3 Å². The lowest BCUT2D eigenvalue weighted by Crippen LogP contribution is -2.10. The van der Waals surface area contributed by atoms with Crippen LogP contribution in [0.4, 0.5) is 0 Å². The fraction of sp³-hybridized carbons (Fsp3) is 0.357. The van der Waals surface area contributed by atoms with E-state index in [2.05, 4.69) is 0 Å². The molecule has 0 aliphatic carbocycles. The number of aromatic hydroxyl groups is 2. The number of aliphatic hydroxyl groups excluding tert-OH is 1. The number of benzene rings is 3. The number of carboxylic acids is 1. The first-order valence-corrected chi connectivity index (χ1v) is 11.9. The van der Waals surface area contributed by atoms with Gasteiger partial charge in [0, 0.05) is 12.0 Å². The molecule has 0 aliphatic rings. The molecule has 3 aromatic carbocycles. The van der Waals surface area contributed by atoms with Crippen LogP contribution >= 0.6 is 0 Å². The van der Waals surface area contributed by atoms with Gasteiger partial charge in [0.1, 0.15) is 5.75 Å². The van der Waals surface area contributed by atoms with E-state index in [1.54, 1.807) is 37.3 Å². The number of aliphatic hydroxyl groups is 1. The van der Waals surface area contributed by atoms with Gasteiger partial charge in [-0.05, 0) is 78.9 Å². The highest BCUT2D eigenvalue weighted by Gasteiger charge is 2.13. The highest BCUT2D eigenvalue weighted by molar-refractivity contribution is 6.00. The SMILES string of the molecule is CC(O)Cc1cc(OCCCCCCCC(=O)c2ccc3cc(O)c(O)cc3c2)ccc1C(=O)O. The van der Waals surface area contributed by atoms with Crippen molar-refractivity contribution >= 4 is 22.5 Å². The fourth-order valence-corrected chi connectivity index (χ4v) is 4.06. The Kier molecular flexibility index (Phi) is 9.09. The molecule has 186 valence electrons. The van der Waals surface area contributed by atoms with Gasteiger partial charge in [-0.2, -0.15) is 0 Å². The Bertz CT molecular complexity index is 1180. The maximum Gasteiger partial charge on any atom is 0.335 e. The smallest absolute Gasteiger partial charge is 0.335 e. The average molecular weight is 481 g/mol. The van der Waals surface area contributed by atoms with Gasteiger partial charge in [-0.25, -0.2) is 4.79 Å². The maximum absolute atomic E-state index is 12.5. The predicted molar refractivity (Wildman–Crippen MR) is 134 cm³/mol. The first-order valence-electron chi connectivity index (χ1n) is 11.9. The quantitative estimate of drug-likeness (QED) is 0.145. The molecule has 1 unspecified atom stereocenters. The molecule has 0 saturated carbocycles. The van der Waals surface area contributed by atoms with Crippen molar-refractivity contribution in [2.75, 3.05) is 6.61 Å². The van der Waals surface area contributed by atoms with Gasteiger partial charge < -0.3 is 25.2 Å². The number of fused-ring (bicyclic) bond motifs is 1. The maximum atomic E-state index is 12.5. The highest BCUT2D eigenvalue weighted by Crippen LogP contribution is 2.31. The normalized spacial score (nSPS) is 11.9. The molecular weight excluding hydrogens is 448 g/mol. The number of hydrogen-bond donors (Lipinski definition) is 4. The van der Waals surface area contributed by atoms with Crippen molar-refractivity contribution in [1.82, 2.24) is 0 Å². The van der Waals surface area contributed by atoms with Crippen molar-refractivity contribution in [2.24, 2.45) is 0 Å². The third kappa shape index (κ3) is 7.45. The van der Waals surface area contributed by atoms with Crippen LogP contribution < -0.4 is 4.74 Å². The number of ether oxygens (including phenoxy) is 1. The summed E-state index contributed by atoms with van der Waals surface area (Å²) in [7, 11) is 0. The van der Waals surface area contributed by atoms with Crippen molar-refractivity contribution in [2.45, 2.75) is 58.0 Å². The third-order valence-corrected chi connectivity index (χ3v) is 5.89. The first kappa shape index (κ1) is 26.0. The topological polar surface area (TPSA) is 124 Å². The average Bonchev–Trinajstić information content (AvgIpc) is 2.80. The van der Waals surface area contributed by atoms with E-state index >= 15 is 0 Å². The molecule has 0 aliphatic heterocycles. The number of unbranched alkanes of at least 4 members (excludes halogenated alkanes) is 4. The highest BCUT2D eigenvalue weighted by atomic mass is 16.5. The van der Waals surface area contributed by atoms with Gasteiger partial charge >= 0.3 is 5.97 Å². The summed E-state index contributed by atoms with van der Waals surface area (Å²) in [5, 5.41) is 39.6. The number of rotatable bonds is 13. The third-order valence-electron chi connectivity index (χ3n) is 5.89. The minimum Gasteiger partial charge on any atom is -0.504 e. The van der Waals surface area contributed by atoms with Gasteiger partial charge in [-0.1, -0.05) is 31.4 Å². The second-order valence-electron chi connectivity index (χ2n) is 8.87. The Hall–Kier alpha value is -3.58. The molecule has 0 amide bonds. The molecule has 0 bridgehead atoms. The van der Waals surface area contributed by atoms with E-state index in [-0.39, 0.29) is 29.3 Å². The van der Waals surface area contributed by atoms with Crippen molar-refractivity contribution in [3.8, 4) is 17.2 Å². The van der Waals surface area contributed by atoms with E-state index < -0.39 is 12.1 Å². The zero-order valence-corrected chi connectivity index (χ0v) is 19.9. The van der Waals surface area contributed by atoms with E-state index in [0.717, 1.165) is 37.5 Å². The molecule has 3 aromatic rings. The molecule has 0 fully saturated rings. The van der Waals surface area contributed by atoms with Crippen molar-refractivity contribution in [3.63, 3.8) is 0 Å². The molecule has 3 rings (SSSR count). The van der Waals surface area contributed by atoms with Gasteiger partial charge in [0.25, 0.3) is 0 Å². The predicted octanol–water partition coefficient (Wildman–Crippen LogP) is 5.47. The summed E-state index contributed by atoms with van der Waals surface area (Å²) in [6, 6.07) is 13.0. The zero-order chi connectivity index (χ0) is 25.4. The first-order chi connectivity index (χ1) is 16.7. The molecule has 1 atom stereocenters. The molecule has 0 saturated heterocycles. The van der Waals surface area contributed by atoms with Crippen LogP contribution in [0.3, 0.4) is 0 Å². The standard InChI is InChI=1S/C28H32O7/c1-18(29)13-22-15-23(10-11-24(22)28(33)34)35-12-6-4-2-3-5-7-25(30)20-9-8-19-16-26(31)27(32)17-21(19)14-20/h8-11,14-18,29,31-32H,2-7,12-13H2,1H3,(H,33,34). The summed E-state index contributed by atoms with van der Waals surface area (Å²) < 4.78 is 5.75.